The molecule has 13 heavy (non-hydrogen) atoms. The van der Waals surface area contributed by atoms with Gasteiger partial charge in [-0.25, -0.2) is 4.79 Å². The van der Waals surface area contributed by atoms with E-state index in [0.717, 1.165) is 5.56 Å². The molecular formula is C9H8Cl2O2. The summed E-state index contributed by atoms with van der Waals surface area (Å²) in [6.45, 7) is 0.256. The molecule has 0 aromatic heterocycles. The molecule has 0 saturated carbocycles. The summed E-state index contributed by atoms with van der Waals surface area (Å²) in [7, 11) is 0. The minimum atomic E-state index is -0.785. The van der Waals surface area contributed by atoms with Crippen LogP contribution in [0.2, 0.25) is 5.02 Å². The Hall–Kier alpha value is -0.730. The van der Waals surface area contributed by atoms with Crippen molar-refractivity contribution >= 4 is 28.6 Å². The summed E-state index contributed by atoms with van der Waals surface area (Å²) in [6.07, 6.45) is 0.581. The zero-order chi connectivity index (χ0) is 9.68. The molecule has 0 saturated heterocycles. The van der Waals surface area contributed by atoms with Gasteiger partial charge in [-0.05, 0) is 11.6 Å². The Morgan fingerprint density at radius 3 is 2.69 bits per heavy atom. The van der Waals surface area contributed by atoms with E-state index in [4.69, 9.17) is 23.2 Å². The summed E-state index contributed by atoms with van der Waals surface area (Å²) in [4.78, 5) is 10.2. The van der Waals surface area contributed by atoms with Crippen LogP contribution in [0.5, 0.6) is 0 Å². The monoisotopic (exact) mass is 218 g/mol. The van der Waals surface area contributed by atoms with E-state index < -0.39 is 5.43 Å². The Kier molecular flexibility index (Phi) is 4.06. The van der Waals surface area contributed by atoms with E-state index >= 15 is 0 Å². The average Bonchev–Trinajstić information content (AvgIpc) is 2.08. The van der Waals surface area contributed by atoms with Gasteiger partial charge in [0.1, 0.15) is 0 Å². The normalized spacial score (nSPS) is 9.69. The Morgan fingerprint density at radius 1 is 1.38 bits per heavy atom. The first-order valence-corrected chi connectivity index (χ1v) is 4.51. The van der Waals surface area contributed by atoms with Crippen LogP contribution >= 0.6 is 23.2 Å². The van der Waals surface area contributed by atoms with Crippen LogP contribution in [0.25, 0.3) is 0 Å². The Balaban J connectivity index is 2.45. The highest BCUT2D eigenvalue weighted by atomic mass is 35.5. The topological polar surface area (TPSA) is 26.3 Å². The molecule has 0 spiro atoms. The summed E-state index contributed by atoms with van der Waals surface area (Å²) in [6, 6.07) is 7.40. The number of ether oxygens (including phenoxy) is 1. The van der Waals surface area contributed by atoms with E-state index in [9.17, 15) is 4.79 Å². The first-order valence-electron chi connectivity index (χ1n) is 3.76. The van der Waals surface area contributed by atoms with Gasteiger partial charge < -0.3 is 4.74 Å². The van der Waals surface area contributed by atoms with Crippen LogP contribution in [0, 0.1) is 0 Å². The molecule has 0 radical (unpaired) electrons. The zero-order valence-electron chi connectivity index (χ0n) is 6.80. The van der Waals surface area contributed by atoms with Crippen LogP contribution in [0.15, 0.2) is 24.3 Å². The molecule has 1 aromatic carbocycles. The van der Waals surface area contributed by atoms with Crippen molar-refractivity contribution in [2.24, 2.45) is 0 Å². The molecule has 0 fully saturated rings. The standard InChI is InChI=1S/C9H8Cl2O2/c10-8-4-2-1-3-7(8)5-6-13-9(11)12/h1-4H,5-6H2. The van der Waals surface area contributed by atoms with Crippen LogP contribution < -0.4 is 0 Å². The quantitative estimate of drug-likeness (QED) is 0.729. The van der Waals surface area contributed by atoms with Gasteiger partial charge in [0.2, 0.25) is 0 Å². The van der Waals surface area contributed by atoms with Gasteiger partial charge in [-0.15, -0.1) is 0 Å². The van der Waals surface area contributed by atoms with Crippen molar-refractivity contribution in [3.63, 3.8) is 0 Å². The lowest BCUT2D eigenvalue weighted by Crippen LogP contribution is -2.00. The number of hydrogen-bond acceptors (Lipinski definition) is 2. The lowest BCUT2D eigenvalue weighted by atomic mass is 10.2. The third-order valence-corrected chi connectivity index (χ3v) is 2.02. The number of halogens is 2. The summed E-state index contributed by atoms with van der Waals surface area (Å²) < 4.78 is 4.57. The van der Waals surface area contributed by atoms with Crippen LogP contribution in [0.4, 0.5) is 4.79 Å². The van der Waals surface area contributed by atoms with Crippen molar-refractivity contribution in [2.45, 2.75) is 6.42 Å². The van der Waals surface area contributed by atoms with Crippen LogP contribution in [-0.2, 0) is 11.2 Å². The lowest BCUT2D eigenvalue weighted by Gasteiger charge is -2.02. The first-order chi connectivity index (χ1) is 6.20. The SMILES string of the molecule is O=C(Cl)OCCc1ccccc1Cl. The Labute approximate surface area is 86.4 Å². The predicted molar refractivity (Wildman–Crippen MR) is 52.4 cm³/mol. The maximum absolute atomic E-state index is 10.2. The van der Waals surface area contributed by atoms with Crippen LogP contribution in [0.3, 0.4) is 0 Å². The lowest BCUT2D eigenvalue weighted by molar-refractivity contribution is 0.175. The van der Waals surface area contributed by atoms with E-state index in [2.05, 4.69) is 4.74 Å². The molecular weight excluding hydrogens is 211 g/mol. The molecule has 0 bridgehead atoms. The second-order valence-corrected chi connectivity index (χ2v) is 3.14. The van der Waals surface area contributed by atoms with Crippen LogP contribution in [-0.4, -0.2) is 12.0 Å². The summed E-state index contributed by atoms with van der Waals surface area (Å²) in [5, 5.41) is 0.674. The molecule has 70 valence electrons. The van der Waals surface area contributed by atoms with Gasteiger partial charge in [0.05, 0.1) is 6.61 Å². The maximum atomic E-state index is 10.2. The predicted octanol–water partition coefficient (Wildman–Crippen LogP) is 3.26. The first kappa shape index (κ1) is 10.4. The third kappa shape index (κ3) is 3.66. The Bertz CT molecular complexity index is 299. The molecule has 0 heterocycles. The summed E-state index contributed by atoms with van der Waals surface area (Å²) in [5.74, 6) is 0. The molecule has 0 unspecified atom stereocenters. The van der Waals surface area contributed by atoms with Crippen molar-refractivity contribution < 1.29 is 9.53 Å². The molecule has 0 aliphatic heterocycles. The van der Waals surface area contributed by atoms with Crippen molar-refractivity contribution in [2.75, 3.05) is 6.61 Å². The smallest absolute Gasteiger partial charge is 0.403 e. The molecule has 0 N–H and O–H groups in total. The van der Waals surface area contributed by atoms with E-state index in [-0.39, 0.29) is 6.61 Å². The average molecular weight is 219 g/mol. The number of hydrogen-bond donors (Lipinski definition) is 0. The van der Waals surface area contributed by atoms with Gasteiger partial charge in [0.15, 0.2) is 0 Å². The number of carbonyl (C=O) groups excluding carboxylic acids is 1. The summed E-state index contributed by atoms with van der Waals surface area (Å²) >= 11 is 10.9. The van der Waals surface area contributed by atoms with Crippen molar-refractivity contribution in [3.8, 4) is 0 Å². The van der Waals surface area contributed by atoms with Crippen LogP contribution in [0.1, 0.15) is 5.56 Å². The molecule has 0 aliphatic rings. The number of benzene rings is 1. The molecule has 0 amide bonds. The van der Waals surface area contributed by atoms with Gasteiger partial charge in [-0.2, -0.15) is 0 Å². The van der Waals surface area contributed by atoms with Gasteiger partial charge in [-0.3, -0.25) is 0 Å². The number of carbonyl (C=O) groups is 1. The van der Waals surface area contributed by atoms with E-state index in [0.29, 0.717) is 11.4 Å². The summed E-state index contributed by atoms with van der Waals surface area (Å²) in [5.41, 5.74) is 0.161. The molecule has 1 aromatic rings. The Morgan fingerprint density at radius 2 is 2.08 bits per heavy atom. The minimum Gasteiger partial charge on any atom is -0.453 e. The van der Waals surface area contributed by atoms with E-state index in [1.54, 1.807) is 6.07 Å². The fraction of sp³-hybridized carbons (Fsp3) is 0.222. The van der Waals surface area contributed by atoms with Crippen molar-refractivity contribution in [1.82, 2.24) is 0 Å². The molecule has 1 rings (SSSR count). The second kappa shape index (κ2) is 5.10. The van der Waals surface area contributed by atoms with Crippen molar-refractivity contribution in [3.05, 3.63) is 34.9 Å². The molecule has 0 aliphatic carbocycles. The minimum absolute atomic E-state index is 0.256. The van der Waals surface area contributed by atoms with Crippen molar-refractivity contribution in [1.29, 1.82) is 0 Å². The number of rotatable bonds is 3. The van der Waals surface area contributed by atoms with Gasteiger partial charge in [0, 0.05) is 23.0 Å². The van der Waals surface area contributed by atoms with Gasteiger partial charge >= 0.3 is 5.43 Å². The largest absolute Gasteiger partial charge is 0.453 e. The molecule has 2 nitrogen and oxygen atoms in total. The van der Waals surface area contributed by atoms with E-state index in [1.165, 1.54) is 0 Å². The highest BCUT2D eigenvalue weighted by Gasteiger charge is 2.00. The third-order valence-electron chi connectivity index (χ3n) is 1.54. The highest BCUT2D eigenvalue weighted by molar-refractivity contribution is 6.61. The maximum Gasteiger partial charge on any atom is 0.403 e. The highest BCUT2D eigenvalue weighted by Crippen LogP contribution is 2.15. The second-order valence-electron chi connectivity index (χ2n) is 2.43. The van der Waals surface area contributed by atoms with Gasteiger partial charge in [-0.1, -0.05) is 29.8 Å². The fourth-order valence-electron chi connectivity index (χ4n) is 0.942. The molecule has 4 heteroatoms. The molecule has 0 atom stereocenters. The zero-order valence-corrected chi connectivity index (χ0v) is 8.31. The van der Waals surface area contributed by atoms with Gasteiger partial charge in [0.25, 0.3) is 0 Å². The fourth-order valence-corrected chi connectivity index (χ4v) is 1.25. The van der Waals surface area contributed by atoms with E-state index in [1.807, 2.05) is 18.2 Å².